The molecule has 8 heteroatoms. The Morgan fingerprint density at radius 3 is 2.81 bits per heavy atom. The molecule has 1 aromatic carbocycles. The molecule has 6 nitrogen and oxygen atoms in total. The number of ether oxygens (including phenoxy) is 1. The number of hydrogen-bond donors (Lipinski definition) is 2. The van der Waals surface area contributed by atoms with Crippen LogP contribution in [-0.2, 0) is 6.54 Å². The van der Waals surface area contributed by atoms with Crippen molar-refractivity contribution in [3.05, 3.63) is 48.5 Å². The van der Waals surface area contributed by atoms with E-state index in [9.17, 15) is 4.39 Å². The number of halogens is 2. The van der Waals surface area contributed by atoms with E-state index >= 15 is 0 Å². The summed E-state index contributed by atoms with van der Waals surface area (Å²) in [7, 11) is 0. The lowest BCUT2D eigenvalue weighted by Crippen LogP contribution is -2.39. The third-order valence-corrected chi connectivity index (χ3v) is 3.54. The normalized spacial score (nSPS) is 12.2. The smallest absolute Gasteiger partial charge is 0.191 e. The molecule has 1 unspecified atom stereocenters. The number of rotatable bonds is 9. The molecule has 2 aromatic rings. The quantitative estimate of drug-likeness (QED) is 0.333. The third-order valence-electron chi connectivity index (χ3n) is 3.54. The summed E-state index contributed by atoms with van der Waals surface area (Å²) in [6, 6.07) is 8.08. The Hall–Kier alpha value is -1.84. The van der Waals surface area contributed by atoms with Gasteiger partial charge in [-0.25, -0.2) is 9.38 Å². The van der Waals surface area contributed by atoms with E-state index < -0.39 is 0 Å². The Balaban J connectivity index is 0.00000338. The van der Waals surface area contributed by atoms with Crippen LogP contribution >= 0.6 is 24.0 Å². The maximum atomic E-state index is 13.3. The molecular formula is C18H27FIN5O. The number of nitrogens with zero attached hydrogens (tertiary/aromatic N) is 3. The van der Waals surface area contributed by atoms with Crippen molar-refractivity contribution in [3.8, 4) is 5.75 Å². The monoisotopic (exact) mass is 475 g/mol. The van der Waals surface area contributed by atoms with Crippen LogP contribution in [0.25, 0.3) is 0 Å². The molecule has 0 bridgehead atoms. The molecule has 1 aromatic heterocycles. The van der Waals surface area contributed by atoms with Crippen LogP contribution in [0, 0.1) is 5.82 Å². The van der Waals surface area contributed by atoms with Gasteiger partial charge >= 0.3 is 0 Å². The minimum atomic E-state index is -0.301. The summed E-state index contributed by atoms with van der Waals surface area (Å²) in [5.74, 6) is 0.958. The average Bonchev–Trinajstić information content (AvgIpc) is 3.12. The lowest BCUT2D eigenvalue weighted by molar-refractivity contribution is 0.205. The maximum absolute atomic E-state index is 13.3. The Bertz CT molecular complexity index is 651. The van der Waals surface area contributed by atoms with Gasteiger partial charge in [0.05, 0.1) is 13.1 Å². The highest BCUT2D eigenvalue weighted by Gasteiger charge is 2.09. The van der Waals surface area contributed by atoms with E-state index in [4.69, 9.17) is 4.74 Å². The zero-order chi connectivity index (χ0) is 17.9. The zero-order valence-electron chi connectivity index (χ0n) is 15.2. The first-order valence-corrected chi connectivity index (χ1v) is 8.63. The largest absolute Gasteiger partial charge is 0.488 e. The van der Waals surface area contributed by atoms with E-state index in [1.165, 1.54) is 12.1 Å². The van der Waals surface area contributed by atoms with Crippen LogP contribution in [0.3, 0.4) is 0 Å². The number of guanidine groups is 1. The fourth-order valence-electron chi connectivity index (χ4n) is 2.24. The van der Waals surface area contributed by atoms with Gasteiger partial charge in [-0.2, -0.15) is 5.10 Å². The fourth-order valence-corrected chi connectivity index (χ4v) is 2.24. The van der Waals surface area contributed by atoms with Crippen LogP contribution in [0.15, 0.2) is 47.7 Å². The van der Waals surface area contributed by atoms with Gasteiger partial charge in [-0.1, -0.05) is 13.0 Å². The van der Waals surface area contributed by atoms with Crippen LogP contribution in [0.1, 0.15) is 20.3 Å². The SMILES string of the molecule is CCNC(=NCC(CC)Oc1cccc(F)c1)NCCn1cccn1.I. The van der Waals surface area contributed by atoms with Crippen molar-refractivity contribution < 1.29 is 9.13 Å². The van der Waals surface area contributed by atoms with Gasteiger partial charge in [0.15, 0.2) is 5.96 Å². The van der Waals surface area contributed by atoms with E-state index in [1.807, 2.05) is 30.8 Å². The highest BCUT2D eigenvalue weighted by atomic mass is 127. The molecule has 26 heavy (non-hydrogen) atoms. The number of hydrogen-bond acceptors (Lipinski definition) is 3. The zero-order valence-corrected chi connectivity index (χ0v) is 17.5. The summed E-state index contributed by atoms with van der Waals surface area (Å²) >= 11 is 0. The topological polar surface area (TPSA) is 63.5 Å². The molecule has 1 atom stereocenters. The van der Waals surface area contributed by atoms with Crippen molar-refractivity contribution in [2.24, 2.45) is 4.99 Å². The summed E-state index contributed by atoms with van der Waals surface area (Å²) in [4.78, 5) is 4.57. The predicted molar refractivity (Wildman–Crippen MR) is 113 cm³/mol. The van der Waals surface area contributed by atoms with Crippen LogP contribution in [0.4, 0.5) is 4.39 Å². The molecule has 0 aliphatic heterocycles. The van der Waals surface area contributed by atoms with Crippen LogP contribution in [0.2, 0.25) is 0 Å². The summed E-state index contributed by atoms with van der Waals surface area (Å²) in [5, 5.41) is 10.6. The van der Waals surface area contributed by atoms with Crippen molar-refractivity contribution in [1.82, 2.24) is 20.4 Å². The number of aromatic nitrogens is 2. The third kappa shape index (κ3) is 8.03. The van der Waals surface area contributed by atoms with Crippen molar-refractivity contribution in [2.45, 2.75) is 32.9 Å². The molecule has 1 heterocycles. The Kier molecular flexibility index (Phi) is 10.7. The van der Waals surface area contributed by atoms with E-state index in [1.54, 1.807) is 18.3 Å². The highest BCUT2D eigenvalue weighted by Crippen LogP contribution is 2.15. The first-order valence-electron chi connectivity index (χ1n) is 8.63. The second-order valence-corrected chi connectivity index (χ2v) is 5.52. The average molecular weight is 475 g/mol. The van der Waals surface area contributed by atoms with Crippen molar-refractivity contribution >= 4 is 29.9 Å². The summed E-state index contributed by atoms with van der Waals surface area (Å²) in [6.07, 6.45) is 4.36. The maximum Gasteiger partial charge on any atom is 0.191 e. The van der Waals surface area contributed by atoms with Gasteiger partial charge in [0.2, 0.25) is 0 Å². The molecule has 0 aliphatic rings. The summed E-state index contributed by atoms with van der Waals surface area (Å²) in [6.45, 7) is 6.78. The van der Waals surface area contributed by atoms with Crippen molar-refractivity contribution in [3.63, 3.8) is 0 Å². The number of nitrogens with one attached hydrogen (secondary N) is 2. The molecule has 0 fully saturated rings. The summed E-state index contributed by atoms with van der Waals surface area (Å²) < 4.78 is 20.9. The van der Waals surface area contributed by atoms with Crippen molar-refractivity contribution in [2.75, 3.05) is 19.6 Å². The molecule has 0 saturated carbocycles. The molecule has 0 amide bonds. The molecule has 0 spiro atoms. The summed E-state index contributed by atoms with van der Waals surface area (Å²) in [5.41, 5.74) is 0. The van der Waals surface area contributed by atoms with E-state index in [-0.39, 0.29) is 35.9 Å². The second-order valence-electron chi connectivity index (χ2n) is 5.52. The molecule has 0 aliphatic carbocycles. The van der Waals surface area contributed by atoms with E-state index in [0.717, 1.165) is 32.0 Å². The molecule has 0 saturated heterocycles. The second kappa shape index (κ2) is 12.5. The minimum absolute atomic E-state index is 0. The predicted octanol–water partition coefficient (Wildman–Crippen LogP) is 3.05. The van der Waals surface area contributed by atoms with Gasteiger partial charge in [-0.05, 0) is 31.5 Å². The lowest BCUT2D eigenvalue weighted by atomic mass is 10.2. The van der Waals surface area contributed by atoms with Gasteiger partial charge in [0.25, 0.3) is 0 Å². The van der Waals surface area contributed by atoms with Crippen LogP contribution in [-0.4, -0.2) is 41.5 Å². The highest BCUT2D eigenvalue weighted by molar-refractivity contribution is 14.0. The number of benzene rings is 1. The number of aliphatic imine (C=N–C) groups is 1. The van der Waals surface area contributed by atoms with Crippen LogP contribution in [0.5, 0.6) is 5.75 Å². The Morgan fingerprint density at radius 2 is 2.15 bits per heavy atom. The molecular weight excluding hydrogens is 448 g/mol. The first-order chi connectivity index (χ1) is 12.2. The van der Waals surface area contributed by atoms with E-state index in [2.05, 4.69) is 20.7 Å². The van der Waals surface area contributed by atoms with E-state index in [0.29, 0.717) is 12.3 Å². The molecule has 144 valence electrons. The lowest BCUT2D eigenvalue weighted by Gasteiger charge is -2.17. The standard InChI is InChI=1S/C18H26FN5O.HI/c1-3-16(25-17-8-5-7-15(19)13-17)14-22-18(20-4-2)21-10-12-24-11-6-9-23-24;/h5-9,11,13,16H,3-4,10,12,14H2,1-2H3,(H2,20,21,22);1H. The van der Waals surface area contributed by atoms with Gasteiger partial charge in [-0.3, -0.25) is 4.68 Å². The molecule has 2 N–H and O–H groups in total. The minimum Gasteiger partial charge on any atom is -0.488 e. The Labute approximate surface area is 171 Å². The van der Waals surface area contributed by atoms with Gasteiger partial charge in [-0.15, -0.1) is 24.0 Å². The Morgan fingerprint density at radius 1 is 1.31 bits per heavy atom. The van der Waals surface area contributed by atoms with Gasteiger partial charge in [0.1, 0.15) is 17.7 Å². The first kappa shape index (κ1) is 22.2. The van der Waals surface area contributed by atoms with Gasteiger partial charge in [0, 0.05) is 31.5 Å². The van der Waals surface area contributed by atoms with Crippen LogP contribution < -0.4 is 15.4 Å². The fraction of sp³-hybridized carbons (Fsp3) is 0.444. The van der Waals surface area contributed by atoms with Crippen molar-refractivity contribution in [1.29, 1.82) is 0 Å². The molecule has 0 radical (unpaired) electrons. The van der Waals surface area contributed by atoms with Gasteiger partial charge < -0.3 is 15.4 Å². The molecule has 2 rings (SSSR count).